The monoisotopic (exact) mass is 440 g/mol. The van der Waals surface area contributed by atoms with Crippen molar-refractivity contribution in [2.45, 2.75) is 37.4 Å². The summed E-state index contributed by atoms with van der Waals surface area (Å²) in [5.41, 5.74) is 4.27. The number of imidazole rings is 1. The summed E-state index contributed by atoms with van der Waals surface area (Å²) in [6.45, 7) is 0. The fourth-order valence-corrected chi connectivity index (χ4v) is 5.33. The van der Waals surface area contributed by atoms with E-state index >= 15 is 0 Å². The second-order valence-corrected chi connectivity index (χ2v) is 8.76. The lowest BCUT2D eigenvalue weighted by Crippen LogP contribution is -2.40. The fourth-order valence-electron chi connectivity index (χ4n) is 5.33. The van der Waals surface area contributed by atoms with Crippen LogP contribution < -0.4 is 16.0 Å². The van der Waals surface area contributed by atoms with Crippen molar-refractivity contribution in [1.29, 1.82) is 0 Å². The first kappa shape index (κ1) is 19.7. The van der Waals surface area contributed by atoms with E-state index in [1.54, 1.807) is 7.05 Å². The second-order valence-electron chi connectivity index (χ2n) is 8.76. The minimum atomic E-state index is -0.136. The molecule has 0 radical (unpaired) electrons. The highest BCUT2D eigenvalue weighted by Crippen LogP contribution is 2.38. The summed E-state index contributed by atoms with van der Waals surface area (Å²) >= 11 is 0. The van der Waals surface area contributed by atoms with Gasteiger partial charge in [0.1, 0.15) is 5.82 Å². The molecule has 3 atom stereocenters. The van der Waals surface area contributed by atoms with Gasteiger partial charge in [-0.2, -0.15) is 0 Å². The Morgan fingerprint density at radius 2 is 1.91 bits per heavy atom. The second kappa shape index (κ2) is 7.58. The molecule has 1 aliphatic heterocycles. The average Bonchev–Trinajstić information content (AvgIpc) is 3.41. The van der Waals surface area contributed by atoms with Crippen molar-refractivity contribution in [3.8, 4) is 11.4 Å². The van der Waals surface area contributed by atoms with Crippen LogP contribution in [-0.2, 0) is 0 Å². The van der Waals surface area contributed by atoms with Gasteiger partial charge in [-0.05, 0) is 49.6 Å². The molecular formula is C25H24N6O2. The highest BCUT2D eigenvalue weighted by molar-refractivity contribution is 5.99. The van der Waals surface area contributed by atoms with E-state index in [1.807, 2.05) is 48.7 Å². The number of carbonyl (C=O) groups excluding carboxylic acids is 2. The van der Waals surface area contributed by atoms with E-state index < -0.39 is 0 Å². The number of amides is 3. The first-order valence-electron chi connectivity index (χ1n) is 11.3. The van der Waals surface area contributed by atoms with Crippen molar-refractivity contribution >= 4 is 33.9 Å². The van der Waals surface area contributed by atoms with Gasteiger partial charge in [-0.15, -0.1) is 0 Å². The lowest BCUT2D eigenvalue weighted by atomic mass is 9.87. The van der Waals surface area contributed by atoms with Gasteiger partial charge < -0.3 is 20.5 Å². The Labute approximate surface area is 190 Å². The number of benzene rings is 2. The fraction of sp³-hybridized carbons (Fsp3) is 0.280. The minimum Gasteiger partial charge on any atom is -0.355 e. The molecule has 3 heterocycles. The third-order valence-corrected chi connectivity index (χ3v) is 6.89. The normalized spacial score (nSPS) is 22.1. The molecule has 2 aliphatic rings. The number of carbonyl (C=O) groups is 2. The highest BCUT2D eigenvalue weighted by atomic mass is 16.2. The zero-order valence-corrected chi connectivity index (χ0v) is 18.2. The first-order chi connectivity index (χ1) is 16.1. The zero-order chi connectivity index (χ0) is 22.5. The van der Waals surface area contributed by atoms with Crippen LogP contribution in [0, 0.1) is 0 Å². The van der Waals surface area contributed by atoms with Gasteiger partial charge in [0.15, 0.2) is 0 Å². The van der Waals surface area contributed by atoms with Gasteiger partial charge in [-0.3, -0.25) is 9.78 Å². The molecule has 2 aromatic heterocycles. The summed E-state index contributed by atoms with van der Waals surface area (Å²) in [6, 6.07) is 16.1. The number of aromatic nitrogens is 3. The molecule has 33 heavy (non-hydrogen) atoms. The lowest BCUT2D eigenvalue weighted by Gasteiger charge is -2.32. The number of hydrogen-bond donors (Lipinski definition) is 3. The number of hydrogen-bond acceptors (Lipinski definition) is 4. The van der Waals surface area contributed by atoms with Crippen LogP contribution >= 0.6 is 0 Å². The molecule has 6 rings (SSSR count). The number of fused-ring (bicyclic) bond motifs is 3. The van der Waals surface area contributed by atoms with E-state index in [0.717, 1.165) is 52.6 Å². The molecule has 3 unspecified atom stereocenters. The van der Waals surface area contributed by atoms with Crippen LogP contribution in [0.3, 0.4) is 0 Å². The molecule has 8 heteroatoms. The van der Waals surface area contributed by atoms with Crippen LogP contribution in [0.15, 0.2) is 54.7 Å². The molecule has 2 aromatic carbocycles. The van der Waals surface area contributed by atoms with E-state index in [0.29, 0.717) is 5.56 Å². The molecule has 3 N–H and O–H groups in total. The minimum absolute atomic E-state index is 0.0864. The molecule has 1 aliphatic carbocycles. The molecule has 166 valence electrons. The Kier molecular flexibility index (Phi) is 4.53. The SMILES string of the molecule is CNC(=O)c1ccc2c(c1)nc(-c1ccnc3ccccc13)n2C1CCC2NC(=O)NC2C1. The summed E-state index contributed by atoms with van der Waals surface area (Å²) < 4.78 is 2.30. The summed E-state index contributed by atoms with van der Waals surface area (Å²) in [5.74, 6) is 0.723. The largest absolute Gasteiger partial charge is 0.355 e. The van der Waals surface area contributed by atoms with Crippen molar-refractivity contribution in [3.05, 3.63) is 60.3 Å². The molecular weight excluding hydrogens is 416 g/mol. The van der Waals surface area contributed by atoms with Crippen molar-refractivity contribution in [1.82, 2.24) is 30.5 Å². The number of pyridine rings is 1. The Bertz CT molecular complexity index is 1410. The topological polar surface area (TPSA) is 101 Å². The third-order valence-electron chi connectivity index (χ3n) is 6.89. The summed E-state index contributed by atoms with van der Waals surface area (Å²) in [5, 5.41) is 9.82. The van der Waals surface area contributed by atoms with Crippen molar-refractivity contribution < 1.29 is 9.59 Å². The molecule has 1 saturated carbocycles. The Morgan fingerprint density at radius 1 is 1.06 bits per heavy atom. The smallest absolute Gasteiger partial charge is 0.315 e. The van der Waals surface area contributed by atoms with Crippen LogP contribution in [0.2, 0.25) is 0 Å². The molecule has 2 fully saturated rings. The van der Waals surface area contributed by atoms with E-state index in [2.05, 4.69) is 31.6 Å². The van der Waals surface area contributed by atoms with Gasteiger partial charge in [0.2, 0.25) is 0 Å². The average molecular weight is 441 g/mol. The maximum Gasteiger partial charge on any atom is 0.315 e. The predicted molar refractivity (Wildman–Crippen MR) is 126 cm³/mol. The van der Waals surface area contributed by atoms with Gasteiger partial charge in [-0.25, -0.2) is 9.78 Å². The molecule has 8 nitrogen and oxygen atoms in total. The number of para-hydroxylation sites is 1. The van der Waals surface area contributed by atoms with Crippen molar-refractivity contribution in [2.75, 3.05) is 7.05 Å². The van der Waals surface area contributed by atoms with E-state index in [4.69, 9.17) is 4.98 Å². The maximum absolute atomic E-state index is 12.2. The van der Waals surface area contributed by atoms with Crippen LogP contribution in [0.4, 0.5) is 4.79 Å². The van der Waals surface area contributed by atoms with E-state index in [9.17, 15) is 9.59 Å². The Balaban J connectivity index is 1.54. The van der Waals surface area contributed by atoms with Gasteiger partial charge in [-0.1, -0.05) is 18.2 Å². The van der Waals surface area contributed by atoms with Crippen LogP contribution in [0.25, 0.3) is 33.3 Å². The molecule has 1 saturated heterocycles. The molecule has 4 aromatic rings. The van der Waals surface area contributed by atoms with Crippen molar-refractivity contribution in [3.63, 3.8) is 0 Å². The van der Waals surface area contributed by atoms with Gasteiger partial charge in [0.25, 0.3) is 5.91 Å². The summed E-state index contributed by atoms with van der Waals surface area (Å²) in [7, 11) is 1.63. The maximum atomic E-state index is 12.2. The first-order valence-corrected chi connectivity index (χ1v) is 11.3. The number of nitrogens with one attached hydrogen (secondary N) is 3. The number of urea groups is 1. The predicted octanol–water partition coefficient (Wildman–Crippen LogP) is 3.39. The molecule has 0 bridgehead atoms. The van der Waals surface area contributed by atoms with Crippen LogP contribution in [-0.4, -0.2) is 45.6 Å². The molecule has 0 spiro atoms. The zero-order valence-electron chi connectivity index (χ0n) is 18.2. The van der Waals surface area contributed by atoms with E-state index in [1.165, 1.54) is 0 Å². The lowest BCUT2D eigenvalue weighted by molar-refractivity contribution is 0.0963. The Morgan fingerprint density at radius 3 is 2.79 bits per heavy atom. The van der Waals surface area contributed by atoms with E-state index in [-0.39, 0.29) is 30.1 Å². The van der Waals surface area contributed by atoms with Crippen molar-refractivity contribution in [2.24, 2.45) is 0 Å². The highest BCUT2D eigenvalue weighted by Gasteiger charge is 2.38. The summed E-state index contributed by atoms with van der Waals surface area (Å²) in [4.78, 5) is 33.7. The van der Waals surface area contributed by atoms with Crippen LogP contribution in [0.5, 0.6) is 0 Å². The third kappa shape index (κ3) is 3.21. The standard InChI is InChI=1S/C25H24N6O2/c1-26-24(32)14-6-9-22-21(12-14)28-23(17-10-11-27-18-5-3-2-4-16(17)18)31(22)15-7-8-19-20(13-15)30-25(33)29-19/h2-6,9-12,15,19-20H,7-8,13H2,1H3,(H,26,32)(H2,29,30,33). The molecule has 3 amide bonds. The quantitative estimate of drug-likeness (QED) is 0.455. The van der Waals surface area contributed by atoms with Crippen LogP contribution in [0.1, 0.15) is 35.7 Å². The number of rotatable bonds is 3. The van der Waals surface area contributed by atoms with Gasteiger partial charge in [0.05, 0.1) is 28.6 Å². The van der Waals surface area contributed by atoms with Gasteiger partial charge >= 0.3 is 6.03 Å². The van der Waals surface area contributed by atoms with Gasteiger partial charge in [0, 0.05) is 35.8 Å². The number of nitrogens with zero attached hydrogens (tertiary/aromatic N) is 3. The Hall–Kier alpha value is -3.94. The summed E-state index contributed by atoms with van der Waals surface area (Å²) in [6.07, 6.45) is 4.47.